The van der Waals surface area contributed by atoms with E-state index in [2.05, 4.69) is 4.74 Å². The molecule has 0 fully saturated rings. The van der Waals surface area contributed by atoms with Crippen LogP contribution in [0.15, 0.2) is 18.2 Å². The quantitative estimate of drug-likeness (QED) is 0.744. The lowest BCUT2D eigenvalue weighted by Crippen LogP contribution is -2.26. The summed E-state index contributed by atoms with van der Waals surface area (Å²) in [5, 5.41) is 0. The van der Waals surface area contributed by atoms with Crippen LogP contribution in [-0.4, -0.2) is 18.7 Å². The van der Waals surface area contributed by atoms with Crippen molar-refractivity contribution < 1.29 is 23.0 Å². The monoisotopic (exact) mass is 230 g/mol. The maximum absolute atomic E-state index is 13.1. The Kier molecular flexibility index (Phi) is 4.22. The molecule has 1 aromatic carbocycles. The summed E-state index contributed by atoms with van der Waals surface area (Å²) >= 11 is 0. The van der Waals surface area contributed by atoms with Crippen molar-refractivity contribution in [2.45, 2.75) is 20.0 Å². The SMILES string of the molecule is CCOC(=O)C(C)Oc1c(F)cccc1F. The minimum atomic E-state index is -1.05. The maximum Gasteiger partial charge on any atom is 0.347 e. The van der Waals surface area contributed by atoms with E-state index in [1.807, 2.05) is 0 Å². The average Bonchev–Trinajstić information content (AvgIpc) is 2.23. The van der Waals surface area contributed by atoms with Crippen LogP contribution in [0.25, 0.3) is 0 Å². The molecule has 0 heterocycles. The molecule has 0 spiro atoms. The van der Waals surface area contributed by atoms with Crippen LogP contribution < -0.4 is 4.74 Å². The van der Waals surface area contributed by atoms with Gasteiger partial charge in [-0.25, -0.2) is 13.6 Å². The highest BCUT2D eigenvalue weighted by atomic mass is 19.1. The fourth-order valence-corrected chi connectivity index (χ4v) is 1.08. The first-order valence-corrected chi connectivity index (χ1v) is 4.83. The molecule has 1 rings (SSSR count). The lowest BCUT2D eigenvalue weighted by Gasteiger charge is -2.14. The number of carbonyl (C=O) groups excluding carboxylic acids is 1. The van der Waals surface area contributed by atoms with Crippen molar-refractivity contribution in [1.82, 2.24) is 0 Å². The fraction of sp³-hybridized carbons (Fsp3) is 0.364. The van der Waals surface area contributed by atoms with Gasteiger partial charge in [-0.2, -0.15) is 0 Å². The van der Waals surface area contributed by atoms with Crippen LogP contribution >= 0.6 is 0 Å². The van der Waals surface area contributed by atoms with Crippen molar-refractivity contribution in [1.29, 1.82) is 0 Å². The summed E-state index contributed by atoms with van der Waals surface area (Å²) < 4.78 is 35.8. The Morgan fingerprint density at radius 3 is 2.44 bits per heavy atom. The molecule has 88 valence electrons. The first-order valence-electron chi connectivity index (χ1n) is 4.83. The lowest BCUT2D eigenvalue weighted by atomic mass is 10.3. The molecule has 0 saturated heterocycles. The topological polar surface area (TPSA) is 35.5 Å². The molecule has 16 heavy (non-hydrogen) atoms. The third kappa shape index (κ3) is 2.92. The molecule has 0 radical (unpaired) electrons. The van der Waals surface area contributed by atoms with Gasteiger partial charge in [0, 0.05) is 0 Å². The Morgan fingerprint density at radius 2 is 1.94 bits per heavy atom. The van der Waals surface area contributed by atoms with Crippen LogP contribution in [0.1, 0.15) is 13.8 Å². The number of rotatable bonds is 4. The van der Waals surface area contributed by atoms with Crippen molar-refractivity contribution in [2.75, 3.05) is 6.61 Å². The third-order valence-electron chi connectivity index (χ3n) is 1.83. The number of esters is 1. The van der Waals surface area contributed by atoms with E-state index in [0.29, 0.717) is 0 Å². The van der Waals surface area contributed by atoms with Gasteiger partial charge in [-0.05, 0) is 26.0 Å². The van der Waals surface area contributed by atoms with E-state index in [0.717, 1.165) is 12.1 Å². The van der Waals surface area contributed by atoms with Gasteiger partial charge in [-0.1, -0.05) is 6.07 Å². The molecule has 1 unspecified atom stereocenters. The average molecular weight is 230 g/mol. The largest absolute Gasteiger partial charge is 0.473 e. The minimum Gasteiger partial charge on any atom is -0.473 e. The Bertz CT molecular complexity index is 359. The molecule has 0 aromatic heterocycles. The fourth-order valence-electron chi connectivity index (χ4n) is 1.08. The summed E-state index contributed by atoms with van der Waals surface area (Å²) in [6.45, 7) is 3.18. The summed E-state index contributed by atoms with van der Waals surface area (Å²) in [6.07, 6.45) is -1.05. The number of hydrogen-bond donors (Lipinski definition) is 0. The molecule has 0 N–H and O–H groups in total. The van der Waals surface area contributed by atoms with Crippen molar-refractivity contribution in [3.63, 3.8) is 0 Å². The first-order chi connectivity index (χ1) is 7.56. The molecule has 0 amide bonds. The second-order valence-electron chi connectivity index (χ2n) is 3.06. The van der Waals surface area contributed by atoms with Crippen LogP contribution in [0.2, 0.25) is 0 Å². The minimum absolute atomic E-state index is 0.187. The van der Waals surface area contributed by atoms with Gasteiger partial charge in [-0.15, -0.1) is 0 Å². The van der Waals surface area contributed by atoms with Crippen molar-refractivity contribution in [3.05, 3.63) is 29.8 Å². The molecule has 0 bridgehead atoms. The normalized spacial score (nSPS) is 12.0. The summed E-state index contributed by atoms with van der Waals surface area (Å²) in [5.41, 5.74) is 0. The number of carbonyl (C=O) groups is 1. The Morgan fingerprint density at radius 1 is 1.38 bits per heavy atom. The predicted molar refractivity (Wildman–Crippen MR) is 53.1 cm³/mol. The van der Waals surface area contributed by atoms with E-state index >= 15 is 0 Å². The molecular weight excluding hydrogens is 218 g/mol. The highest BCUT2D eigenvalue weighted by Crippen LogP contribution is 2.22. The first kappa shape index (κ1) is 12.4. The number of halogens is 2. The van der Waals surface area contributed by atoms with Gasteiger partial charge in [-0.3, -0.25) is 0 Å². The van der Waals surface area contributed by atoms with E-state index in [9.17, 15) is 13.6 Å². The molecule has 1 atom stereocenters. The van der Waals surface area contributed by atoms with Gasteiger partial charge in [0.15, 0.2) is 23.5 Å². The number of ether oxygens (including phenoxy) is 2. The van der Waals surface area contributed by atoms with Crippen LogP contribution in [0.4, 0.5) is 8.78 Å². The van der Waals surface area contributed by atoms with Crippen LogP contribution in [0, 0.1) is 11.6 Å². The molecule has 3 nitrogen and oxygen atoms in total. The van der Waals surface area contributed by atoms with Gasteiger partial charge < -0.3 is 9.47 Å². The predicted octanol–water partition coefficient (Wildman–Crippen LogP) is 2.30. The lowest BCUT2D eigenvalue weighted by molar-refractivity contribution is -0.150. The highest BCUT2D eigenvalue weighted by molar-refractivity contribution is 5.74. The summed E-state index contributed by atoms with van der Waals surface area (Å²) in [5.74, 6) is -2.93. The van der Waals surface area contributed by atoms with Crippen LogP contribution in [-0.2, 0) is 9.53 Å². The number of benzene rings is 1. The summed E-state index contributed by atoms with van der Waals surface area (Å²) in [6, 6.07) is 3.32. The Labute approximate surface area is 92.0 Å². The Balaban J connectivity index is 2.76. The van der Waals surface area contributed by atoms with E-state index in [1.165, 1.54) is 13.0 Å². The molecule has 0 aliphatic carbocycles. The van der Waals surface area contributed by atoms with Crippen molar-refractivity contribution in [2.24, 2.45) is 0 Å². The maximum atomic E-state index is 13.1. The smallest absolute Gasteiger partial charge is 0.347 e. The molecular formula is C11H12F2O3. The van der Waals surface area contributed by atoms with Gasteiger partial charge >= 0.3 is 5.97 Å². The highest BCUT2D eigenvalue weighted by Gasteiger charge is 2.19. The second kappa shape index (κ2) is 5.44. The van der Waals surface area contributed by atoms with E-state index in [-0.39, 0.29) is 6.61 Å². The summed E-state index contributed by atoms with van der Waals surface area (Å²) in [7, 11) is 0. The zero-order valence-corrected chi connectivity index (χ0v) is 9.00. The molecule has 0 aliphatic rings. The summed E-state index contributed by atoms with van der Waals surface area (Å²) in [4.78, 5) is 11.2. The van der Waals surface area contributed by atoms with Gasteiger partial charge in [0.25, 0.3) is 0 Å². The molecule has 5 heteroatoms. The molecule has 1 aromatic rings. The van der Waals surface area contributed by atoms with Gasteiger partial charge in [0.1, 0.15) is 0 Å². The van der Waals surface area contributed by atoms with E-state index in [1.54, 1.807) is 6.92 Å². The van der Waals surface area contributed by atoms with Crippen molar-refractivity contribution in [3.8, 4) is 5.75 Å². The van der Waals surface area contributed by atoms with Gasteiger partial charge in [0.05, 0.1) is 6.61 Å². The zero-order valence-electron chi connectivity index (χ0n) is 9.00. The number of hydrogen-bond acceptors (Lipinski definition) is 3. The standard InChI is InChI=1S/C11H12F2O3/c1-3-15-11(14)7(2)16-10-8(12)5-4-6-9(10)13/h4-7H,3H2,1-2H3. The number of para-hydroxylation sites is 1. The van der Waals surface area contributed by atoms with E-state index < -0.39 is 29.5 Å². The van der Waals surface area contributed by atoms with Gasteiger partial charge in [0.2, 0.25) is 0 Å². The van der Waals surface area contributed by atoms with Crippen molar-refractivity contribution >= 4 is 5.97 Å². The second-order valence-corrected chi connectivity index (χ2v) is 3.06. The Hall–Kier alpha value is -1.65. The third-order valence-corrected chi connectivity index (χ3v) is 1.83. The zero-order chi connectivity index (χ0) is 12.1. The van der Waals surface area contributed by atoms with Crippen LogP contribution in [0.5, 0.6) is 5.75 Å². The molecule has 0 saturated carbocycles. The molecule has 0 aliphatic heterocycles. The van der Waals surface area contributed by atoms with Crippen LogP contribution in [0.3, 0.4) is 0 Å². The van der Waals surface area contributed by atoms with E-state index in [4.69, 9.17) is 4.74 Å².